The molecule has 0 aliphatic heterocycles. The highest BCUT2D eigenvalue weighted by atomic mass is 16.4. The number of urea groups is 1. The summed E-state index contributed by atoms with van der Waals surface area (Å²) in [4.78, 5) is 25.9. The summed E-state index contributed by atoms with van der Waals surface area (Å²) < 4.78 is 1.64. The van der Waals surface area contributed by atoms with Crippen molar-refractivity contribution >= 4 is 12.0 Å². The van der Waals surface area contributed by atoms with Gasteiger partial charge in [-0.25, -0.2) is 14.6 Å². The first-order valence-corrected chi connectivity index (χ1v) is 6.92. The van der Waals surface area contributed by atoms with Crippen molar-refractivity contribution in [3.05, 3.63) is 18.2 Å². The maximum Gasteiger partial charge on any atom is 0.356 e. The number of carboxylic acid groups (broad SMARTS) is 1. The highest BCUT2D eigenvalue weighted by Gasteiger charge is 2.16. The first-order chi connectivity index (χ1) is 9.65. The summed E-state index contributed by atoms with van der Waals surface area (Å²) in [5, 5.41) is 14.3. The number of amides is 2. The molecule has 1 aliphatic rings. The lowest BCUT2D eigenvalue weighted by Crippen LogP contribution is -2.38. The Hall–Kier alpha value is -2.05. The Labute approximate surface area is 117 Å². The minimum atomic E-state index is -1.05. The van der Waals surface area contributed by atoms with E-state index in [-0.39, 0.29) is 11.7 Å². The third-order valence-corrected chi connectivity index (χ3v) is 3.57. The van der Waals surface area contributed by atoms with Crippen LogP contribution in [-0.4, -0.2) is 39.7 Å². The summed E-state index contributed by atoms with van der Waals surface area (Å²) in [7, 11) is 0. The zero-order valence-electron chi connectivity index (χ0n) is 11.3. The molecule has 20 heavy (non-hydrogen) atoms. The van der Waals surface area contributed by atoms with Crippen molar-refractivity contribution < 1.29 is 14.7 Å². The SMILES string of the molecule is O=C(NCCC1CCC1)NCCn1cnc(C(=O)O)c1. The van der Waals surface area contributed by atoms with E-state index >= 15 is 0 Å². The number of aromatic carboxylic acids is 1. The standard InChI is InChI=1S/C13H20N4O3/c18-12(19)11-8-17(9-16-11)7-6-15-13(20)14-5-4-10-2-1-3-10/h8-10H,1-7H2,(H,18,19)(H2,14,15,20). The van der Waals surface area contributed by atoms with Crippen LogP contribution in [0.3, 0.4) is 0 Å². The van der Waals surface area contributed by atoms with Crippen molar-refractivity contribution in [2.45, 2.75) is 32.2 Å². The van der Waals surface area contributed by atoms with E-state index in [1.807, 2.05) is 0 Å². The Bertz CT molecular complexity index is 468. The van der Waals surface area contributed by atoms with Crippen LogP contribution < -0.4 is 10.6 Å². The van der Waals surface area contributed by atoms with Crippen molar-refractivity contribution in [1.29, 1.82) is 0 Å². The largest absolute Gasteiger partial charge is 0.476 e. The number of rotatable bonds is 7. The number of hydrogen-bond acceptors (Lipinski definition) is 3. The molecule has 0 bridgehead atoms. The van der Waals surface area contributed by atoms with Crippen LogP contribution in [0.15, 0.2) is 12.5 Å². The number of aromatic nitrogens is 2. The van der Waals surface area contributed by atoms with Crippen LogP contribution in [0, 0.1) is 5.92 Å². The summed E-state index contributed by atoms with van der Waals surface area (Å²) >= 11 is 0. The number of carbonyl (C=O) groups excluding carboxylic acids is 1. The molecule has 0 spiro atoms. The van der Waals surface area contributed by atoms with Gasteiger partial charge in [0.05, 0.1) is 6.33 Å². The van der Waals surface area contributed by atoms with Crippen LogP contribution >= 0.6 is 0 Å². The quantitative estimate of drug-likeness (QED) is 0.696. The Kier molecular flexibility index (Phi) is 4.97. The minimum Gasteiger partial charge on any atom is -0.476 e. The molecule has 110 valence electrons. The molecule has 2 rings (SSSR count). The molecule has 1 aromatic heterocycles. The topological polar surface area (TPSA) is 96.3 Å². The molecule has 7 nitrogen and oxygen atoms in total. The lowest BCUT2D eigenvalue weighted by atomic mass is 9.83. The minimum absolute atomic E-state index is 0.00921. The van der Waals surface area contributed by atoms with Crippen molar-refractivity contribution in [2.24, 2.45) is 5.92 Å². The van der Waals surface area contributed by atoms with E-state index < -0.39 is 5.97 Å². The zero-order chi connectivity index (χ0) is 14.4. The molecule has 0 radical (unpaired) electrons. The maximum atomic E-state index is 11.5. The fraction of sp³-hybridized carbons (Fsp3) is 0.615. The van der Waals surface area contributed by atoms with Gasteiger partial charge in [-0.2, -0.15) is 0 Å². The predicted octanol–water partition coefficient (Wildman–Crippen LogP) is 1.07. The summed E-state index contributed by atoms with van der Waals surface area (Å²) in [5.41, 5.74) is 0.00921. The van der Waals surface area contributed by atoms with Crippen molar-refractivity contribution in [3.8, 4) is 0 Å². The summed E-state index contributed by atoms with van der Waals surface area (Å²) in [6.07, 6.45) is 7.83. The van der Waals surface area contributed by atoms with E-state index in [1.165, 1.54) is 31.8 Å². The molecule has 1 aliphatic carbocycles. The van der Waals surface area contributed by atoms with Crippen molar-refractivity contribution in [1.82, 2.24) is 20.2 Å². The van der Waals surface area contributed by atoms with Gasteiger partial charge in [0.1, 0.15) is 0 Å². The summed E-state index contributed by atoms with van der Waals surface area (Å²) in [6.45, 7) is 1.64. The summed E-state index contributed by atoms with van der Waals surface area (Å²) in [6, 6.07) is -0.178. The Morgan fingerprint density at radius 2 is 2.10 bits per heavy atom. The van der Waals surface area contributed by atoms with Crippen LogP contribution in [0.1, 0.15) is 36.2 Å². The monoisotopic (exact) mass is 280 g/mol. The summed E-state index contributed by atoms with van der Waals surface area (Å²) in [5.74, 6) is -0.263. The predicted molar refractivity (Wildman–Crippen MR) is 72.5 cm³/mol. The molecule has 2 amide bonds. The number of nitrogens with one attached hydrogen (secondary N) is 2. The molecule has 0 aromatic carbocycles. The first-order valence-electron chi connectivity index (χ1n) is 6.92. The van der Waals surface area contributed by atoms with Crippen molar-refractivity contribution in [2.75, 3.05) is 13.1 Å². The van der Waals surface area contributed by atoms with E-state index in [0.29, 0.717) is 19.6 Å². The third-order valence-electron chi connectivity index (χ3n) is 3.57. The molecule has 1 aromatic rings. The molecule has 0 atom stereocenters. The van der Waals surface area contributed by atoms with Crippen LogP contribution in [0.2, 0.25) is 0 Å². The van der Waals surface area contributed by atoms with Gasteiger partial charge in [0.15, 0.2) is 5.69 Å². The van der Waals surface area contributed by atoms with E-state index in [9.17, 15) is 9.59 Å². The normalized spacial score (nSPS) is 14.6. The van der Waals surface area contributed by atoms with Crippen LogP contribution in [0.5, 0.6) is 0 Å². The lowest BCUT2D eigenvalue weighted by Gasteiger charge is -2.25. The molecule has 0 saturated heterocycles. The molecule has 7 heteroatoms. The van der Waals surface area contributed by atoms with Crippen LogP contribution in [0.25, 0.3) is 0 Å². The van der Waals surface area contributed by atoms with Gasteiger partial charge in [-0.05, 0) is 12.3 Å². The van der Waals surface area contributed by atoms with Gasteiger partial charge >= 0.3 is 12.0 Å². The second kappa shape index (κ2) is 6.93. The molecule has 0 unspecified atom stereocenters. The first kappa shape index (κ1) is 14.4. The molecule has 1 fully saturated rings. The number of carbonyl (C=O) groups is 2. The maximum absolute atomic E-state index is 11.5. The van der Waals surface area contributed by atoms with E-state index in [4.69, 9.17) is 5.11 Å². The third kappa shape index (κ3) is 4.25. The van der Waals surface area contributed by atoms with Gasteiger partial charge in [0.25, 0.3) is 0 Å². The average Bonchev–Trinajstić information content (AvgIpc) is 2.81. The highest BCUT2D eigenvalue weighted by Crippen LogP contribution is 2.28. The number of nitrogens with zero attached hydrogens (tertiary/aromatic N) is 2. The second-order valence-electron chi connectivity index (χ2n) is 5.07. The zero-order valence-corrected chi connectivity index (χ0v) is 11.3. The Balaban J connectivity index is 1.56. The fourth-order valence-electron chi connectivity index (χ4n) is 2.13. The second-order valence-corrected chi connectivity index (χ2v) is 5.07. The average molecular weight is 280 g/mol. The highest BCUT2D eigenvalue weighted by molar-refractivity contribution is 5.84. The molecular weight excluding hydrogens is 260 g/mol. The van der Waals surface area contributed by atoms with E-state index in [2.05, 4.69) is 15.6 Å². The van der Waals surface area contributed by atoms with Gasteiger partial charge in [0, 0.05) is 25.8 Å². The van der Waals surface area contributed by atoms with Gasteiger partial charge in [-0.1, -0.05) is 19.3 Å². The van der Waals surface area contributed by atoms with E-state index in [1.54, 1.807) is 4.57 Å². The van der Waals surface area contributed by atoms with Gasteiger partial charge in [-0.3, -0.25) is 0 Å². The Morgan fingerprint density at radius 3 is 2.70 bits per heavy atom. The Morgan fingerprint density at radius 1 is 1.35 bits per heavy atom. The van der Waals surface area contributed by atoms with Gasteiger partial charge in [-0.15, -0.1) is 0 Å². The van der Waals surface area contributed by atoms with Crippen molar-refractivity contribution in [3.63, 3.8) is 0 Å². The van der Waals surface area contributed by atoms with Gasteiger partial charge in [0.2, 0.25) is 0 Å². The molecule has 1 heterocycles. The smallest absolute Gasteiger partial charge is 0.356 e. The van der Waals surface area contributed by atoms with Crippen LogP contribution in [-0.2, 0) is 6.54 Å². The number of carboxylic acids is 1. The molecule has 1 saturated carbocycles. The van der Waals surface area contributed by atoms with E-state index in [0.717, 1.165) is 12.3 Å². The number of hydrogen-bond donors (Lipinski definition) is 3. The van der Waals surface area contributed by atoms with Gasteiger partial charge < -0.3 is 20.3 Å². The van der Waals surface area contributed by atoms with Crippen LogP contribution in [0.4, 0.5) is 4.79 Å². The molecular formula is C13H20N4O3. The lowest BCUT2D eigenvalue weighted by molar-refractivity contribution is 0.0691. The fourth-order valence-corrected chi connectivity index (χ4v) is 2.13. The number of imidazole rings is 1. The molecule has 3 N–H and O–H groups in total.